The summed E-state index contributed by atoms with van der Waals surface area (Å²) in [6.45, 7) is 2.17. The molecule has 2 aliphatic rings. The first kappa shape index (κ1) is 17.5. The molecule has 1 atom stereocenters. The number of rotatable bonds is 3. The van der Waals surface area contributed by atoms with Gasteiger partial charge in [0.25, 0.3) is 5.91 Å². The zero-order chi connectivity index (χ0) is 18.8. The Bertz CT molecular complexity index is 943. The van der Waals surface area contributed by atoms with Crippen molar-refractivity contribution in [3.8, 4) is 5.75 Å². The standard InChI is InChI=1S/C19H17FN4O2S/c1-11-18(25)22-15-8-13(4-7-17(15)26-11)16-10-27-19(24-23-16)21-9-12-2-5-14(20)6-3-12/h2-8,11H,9-10H2,1H3,(H,21,24)(H,22,25). The fourth-order valence-electron chi connectivity index (χ4n) is 2.69. The highest BCUT2D eigenvalue weighted by molar-refractivity contribution is 8.14. The van der Waals surface area contributed by atoms with Crippen molar-refractivity contribution in [3.63, 3.8) is 0 Å². The van der Waals surface area contributed by atoms with E-state index in [0.29, 0.717) is 28.9 Å². The van der Waals surface area contributed by atoms with Crippen molar-refractivity contribution >= 4 is 34.2 Å². The number of nitrogens with one attached hydrogen (secondary N) is 2. The molecule has 0 radical (unpaired) electrons. The molecule has 0 saturated carbocycles. The van der Waals surface area contributed by atoms with Gasteiger partial charge in [-0.15, -0.1) is 0 Å². The highest BCUT2D eigenvalue weighted by atomic mass is 32.2. The Morgan fingerprint density at radius 2 is 2.11 bits per heavy atom. The number of halogens is 1. The molecule has 0 spiro atoms. The van der Waals surface area contributed by atoms with E-state index in [4.69, 9.17) is 4.74 Å². The zero-order valence-electron chi connectivity index (χ0n) is 14.5. The lowest BCUT2D eigenvalue weighted by Crippen LogP contribution is -2.34. The first-order chi connectivity index (χ1) is 13.1. The van der Waals surface area contributed by atoms with Crippen molar-refractivity contribution in [1.29, 1.82) is 0 Å². The molecule has 1 amide bonds. The highest BCUT2D eigenvalue weighted by Gasteiger charge is 2.24. The van der Waals surface area contributed by atoms with Crippen LogP contribution in [0.1, 0.15) is 18.1 Å². The van der Waals surface area contributed by atoms with E-state index in [1.807, 2.05) is 18.2 Å². The van der Waals surface area contributed by atoms with Crippen molar-refractivity contribution < 1.29 is 13.9 Å². The first-order valence-electron chi connectivity index (χ1n) is 8.45. The molecule has 2 heterocycles. The predicted octanol–water partition coefficient (Wildman–Crippen LogP) is 3.14. The molecule has 4 rings (SSSR count). The Kier molecular flexibility index (Phi) is 4.81. The number of nitrogens with zero attached hydrogens (tertiary/aromatic N) is 2. The molecule has 2 aliphatic heterocycles. The molecule has 0 aliphatic carbocycles. The van der Waals surface area contributed by atoms with E-state index in [2.05, 4.69) is 20.8 Å². The third-order valence-corrected chi connectivity index (χ3v) is 5.11. The van der Waals surface area contributed by atoms with Crippen LogP contribution in [0, 0.1) is 5.82 Å². The van der Waals surface area contributed by atoms with E-state index in [9.17, 15) is 9.18 Å². The number of thioether (sulfide) groups is 1. The molecule has 27 heavy (non-hydrogen) atoms. The number of aliphatic imine (C=N–C) groups is 1. The maximum Gasteiger partial charge on any atom is 0.265 e. The third-order valence-electron chi connectivity index (χ3n) is 4.19. The van der Waals surface area contributed by atoms with Crippen LogP contribution in [-0.4, -0.2) is 28.6 Å². The lowest BCUT2D eigenvalue weighted by Gasteiger charge is -2.24. The van der Waals surface area contributed by atoms with Crippen molar-refractivity contribution in [2.45, 2.75) is 19.6 Å². The zero-order valence-corrected chi connectivity index (χ0v) is 15.3. The lowest BCUT2D eigenvalue weighted by molar-refractivity contribution is -0.122. The van der Waals surface area contributed by atoms with Crippen LogP contribution in [-0.2, 0) is 11.3 Å². The van der Waals surface area contributed by atoms with E-state index in [0.717, 1.165) is 16.8 Å². The van der Waals surface area contributed by atoms with Gasteiger partial charge in [-0.1, -0.05) is 23.9 Å². The van der Waals surface area contributed by atoms with Gasteiger partial charge in [0.1, 0.15) is 11.6 Å². The van der Waals surface area contributed by atoms with Gasteiger partial charge in [-0.2, -0.15) is 5.10 Å². The van der Waals surface area contributed by atoms with Crippen molar-refractivity contribution in [2.75, 3.05) is 11.1 Å². The van der Waals surface area contributed by atoms with Crippen LogP contribution < -0.4 is 15.5 Å². The quantitative estimate of drug-likeness (QED) is 0.853. The lowest BCUT2D eigenvalue weighted by atomic mass is 10.1. The maximum absolute atomic E-state index is 12.9. The second kappa shape index (κ2) is 7.40. The number of benzene rings is 2. The number of anilines is 1. The van der Waals surface area contributed by atoms with Crippen LogP contribution >= 0.6 is 11.8 Å². The number of fused-ring (bicyclic) bond motifs is 1. The van der Waals surface area contributed by atoms with E-state index in [-0.39, 0.29) is 11.7 Å². The number of carbonyl (C=O) groups is 1. The van der Waals surface area contributed by atoms with Crippen LogP contribution in [0.15, 0.2) is 52.6 Å². The predicted molar refractivity (Wildman–Crippen MR) is 105 cm³/mol. The molecule has 0 aromatic heterocycles. The molecule has 1 unspecified atom stereocenters. The number of amidine groups is 1. The normalized spacial score (nSPS) is 20.2. The molecule has 8 heteroatoms. The van der Waals surface area contributed by atoms with E-state index < -0.39 is 6.10 Å². The van der Waals surface area contributed by atoms with Crippen LogP contribution in [0.3, 0.4) is 0 Å². The number of hydrogen-bond acceptors (Lipinski definition) is 5. The molecular formula is C19H17FN4O2S. The molecule has 2 aromatic rings. The minimum Gasteiger partial charge on any atom is -0.479 e. The number of amides is 1. The summed E-state index contributed by atoms with van der Waals surface area (Å²) in [5.74, 6) is 0.892. The Hall–Kier alpha value is -2.87. The van der Waals surface area contributed by atoms with Gasteiger partial charge in [0.2, 0.25) is 0 Å². The second-order valence-electron chi connectivity index (χ2n) is 6.17. The van der Waals surface area contributed by atoms with E-state index in [1.165, 1.54) is 12.1 Å². The van der Waals surface area contributed by atoms with Gasteiger partial charge in [-0.3, -0.25) is 15.2 Å². The SMILES string of the molecule is CC1Oc2ccc(C3=NNC(=NCc4ccc(F)cc4)SC3)cc2NC1=O. The Morgan fingerprint density at radius 1 is 1.30 bits per heavy atom. The van der Waals surface area contributed by atoms with E-state index in [1.54, 1.807) is 30.8 Å². The van der Waals surface area contributed by atoms with Crippen molar-refractivity contribution in [1.82, 2.24) is 5.43 Å². The molecule has 0 saturated heterocycles. The number of hydrogen-bond donors (Lipinski definition) is 2. The molecule has 0 bridgehead atoms. The number of carbonyl (C=O) groups excluding carboxylic acids is 1. The van der Waals surface area contributed by atoms with Gasteiger partial charge in [0.15, 0.2) is 11.3 Å². The largest absolute Gasteiger partial charge is 0.479 e. The van der Waals surface area contributed by atoms with Crippen LogP contribution in [0.25, 0.3) is 0 Å². The van der Waals surface area contributed by atoms with Gasteiger partial charge in [0.05, 0.1) is 17.9 Å². The van der Waals surface area contributed by atoms with E-state index >= 15 is 0 Å². The summed E-state index contributed by atoms with van der Waals surface area (Å²) < 4.78 is 18.5. The minimum atomic E-state index is -0.493. The number of ether oxygens (including phenoxy) is 1. The molecule has 2 aromatic carbocycles. The Morgan fingerprint density at radius 3 is 2.85 bits per heavy atom. The molecule has 6 nitrogen and oxygen atoms in total. The average Bonchev–Trinajstić information content (AvgIpc) is 2.68. The maximum atomic E-state index is 12.9. The Balaban J connectivity index is 1.44. The van der Waals surface area contributed by atoms with Crippen LogP contribution in [0.2, 0.25) is 0 Å². The van der Waals surface area contributed by atoms with Gasteiger partial charge < -0.3 is 10.1 Å². The molecule has 2 N–H and O–H groups in total. The Labute approximate surface area is 159 Å². The summed E-state index contributed by atoms with van der Waals surface area (Å²) in [5.41, 5.74) is 6.30. The highest BCUT2D eigenvalue weighted by Crippen LogP contribution is 2.31. The van der Waals surface area contributed by atoms with Crippen LogP contribution in [0.5, 0.6) is 5.75 Å². The van der Waals surface area contributed by atoms with Crippen molar-refractivity contribution in [3.05, 3.63) is 59.4 Å². The van der Waals surface area contributed by atoms with Gasteiger partial charge in [0, 0.05) is 11.3 Å². The molecular weight excluding hydrogens is 367 g/mol. The minimum absolute atomic E-state index is 0.159. The monoisotopic (exact) mass is 384 g/mol. The topological polar surface area (TPSA) is 75.1 Å². The molecule has 138 valence electrons. The summed E-state index contributed by atoms with van der Waals surface area (Å²) >= 11 is 1.54. The summed E-state index contributed by atoms with van der Waals surface area (Å²) in [6, 6.07) is 11.9. The molecule has 0 fully saturated rings. The summed E-state index contributed by atoms with van der Waals surface area (Å²) in [7, 11) is 0. The third kappa shape index (κ3) is 3.95. The fourth-order valence-corrected chi connectivity index (χ4v) is 3.46. The average molecular weight is 384 g/mol. The summed E-state index contributed by atoms with van der Waals surface area (Å²) in [6.07, 6.45) is -0.493. The van der Waals surface area contributed by atoms with Gasteiger partial charge in [-0.25, -0.2) is 4.39 Å². The van der Waals surface area contributed by atoms with Crippen LogP contribution in [0.4, 0.5) is 10.1 Å². The van der Waals surface area contributed by atoms with Crippen molar-refractivity contribution in [2.24, 2.45) is 10.1 Å². The summed E-state index contributed by atoms with van der Waals surface area (Å²) in [5, 5.41) is 7.95. The number of hydrazone groups is 1. The second-order valence-corrected chi connectivity index (χ2v) is 7.13. The van der Waals surface area contributed by atoms with Gasteiger partial charge >= 0.3 is 0 Å². The summed E-state index contributed by atoms with van der Waals surface area (Å²) in [4.78, 5) is 16.2. The fraction of sp³-hybridized carbons (Fsp3) is 0.211. The smallest absolute Gasteiger partial charge is 0.265 e. The van der Waals surface area contributed by atoms with Gasteiger partial charge in [-0.05, 0) is 42.8 Å². The first-order valence-corrected chi connectivity index (χ1v) is 9.43.